The summed E-state index contributed by atoms with van der Waals surface area (Å²) < 4.78 is 1.31. The van der Waals surface area contributed by atoms with E-state index in [4.69, 9.17) is 0 Å². The first-order chi connectivity index (χ1) is 25.7. The third-order valence-corrected chi connectivity index (χ3v) is 12.5. The zero-order valence-corrected chi connectivity index (χ0v) is 32.6. The summed E-state index contributed by atoms with van der Waals surface area (Å²) in [6.45, 7) is 18.6. The average molecular weight is 709 g/mol. The minimum Gasteiger partial charge on any atom is -0.310 e. The second-order valence-electron chi connectivity index (χ2n) is 15.1. The molecular weight excluding hydrogens is 661 g/mol. The molecular formula is C50H48N2S. The largest absolute Gasteiger partial charge is 0.310 e. The molecule has 0 bridgehead atoms. The van der Waals surface area contributed by atoms with Crippen LogP contribution in [0.4, 0.5) is 5.69 Å². The minimum absolute atomic E-state index is 0.0527. The first-order valence-corrected chi connectivity index (χ1v) is 19.7. The smallest absolute Gasteiger partial charge is 0.0499 e. The Balaban J connectivity index is 1.18. The van der Waals surface area contributed by atoms with E-state index < -0.39 is 0 Å². The van der Waals surface area contributed by atoms with Gasteiger partial charge in [0.1, 0.15) is 0 Å². The van der Waals surface area contributed by atoms with Gasteiger partial charge in [-0.25, -0.2) is 0 Å². The third-order valence-electron chi connectivity index (χ3n) is 11.3. The second kappa shape index (κ2) is 14.0. The Morgan fingerprint density at radius 2 is 1.51 bits per heavy atom. The summed E-state index contributed by atoms with van der Waals surface area (Å²) in [6, 6.07) is 32.4. The van der Waals surface area contributed by atoms with Gasteiger partial charge in [-0.05, 0) is 144 Å². The Kier molecular flexibility index (Phi) is 9.18. The van der Waals surface area contributed by atoms with Crippen LogP contribution in [-0.2, 0) is 0 Å². The molecule has 3 heterocycles. The Morgan fingerprint density at radius 1 is 0.811 bits per heavy atom. The van der Waals surface area contributed by atoms with Crippen LogP contribution >= 0.6 is 11.3 Å². The molecule has 2 nitrogen and oxygen atoms in total. The van der Waals surface area contributed by atoms with Gasteiger partial charge in [-0.15, -0.1) is 11.3 Å². The van der Waals surface area contributed by atoms with Crippen LogP contribution in [0.3, 0.4) is 0 Å². The Labute approximate surface area is 319 Å². The van der Waals surface area contributed by atoms with Crippen LogP contribution in [0.1, 0.15) is 70.0 Å². The maximum Gasteiger partial charge on any atom is 0.0499 e. The fourth-order valence-electron chi connectivity index (χ4n) is 7.99. The number of hydrogen-bond donors (Lipinski definition) is 1. The molecule has 1 saturated heterocycles. The topological polar surface area (TPSA) is 25.2 Å². The molecule has 3 heteroatoms. The van der Waals surface area contributed by atoms with Gasteiger partial charge in [-0.3, -0.25) is 0 Å². The number of rotatable bonds is 8. The predicted molar refractivity (Wildman–Crippen MR) is 232 cm³/mol. The lowest BCUT2D eigenvalue weighted by Crippen LogP contribution is -2.36. The lowest BCUT2D eigenvalue weighted by Gasteiger charge is -2.44. The number of benzene rings is 4. The molecule has 1 aliphatic carbocycles. The van der Waals surface area contributed by atoms with Gasteiger partial charge in [0.15, 0.2) is 0 Å². The van der Waals surface area contributed by atoms with Crippen molar-refractivity contribution < 1.29 is 0 Å². The van der Waals surface area contributed by atoms with E-state index in [0.717, 1.165) is 13.0 Å². The zero-order chi connectivity index (χ0) is 36.9. The summed E-state index contributed by atoms with van der Waals surface area (Å²) in [5, 5.41) is 4.82. The van der Waals surface area contributed by atoms with Crippen LogP contribution in [0.2, 0.25) is 0 Å². The van der Waals surface area contributed by atoms with Crippen LogP contribution in [0.5, 0.6) is 0 Å². The predicted octanol–water partition coefficient (Wildman–Crippen LogP) is 14.1. The normalized spacial score (nSPS) is 18.3. The Bertz CT molecular complexity index is 2450. The van der Waals surface area contributed by atoms with Gasteiger partial charge < -0.3 is 10.2 Å². The van der Waals surface area contributed by atoms with Crippen molar-refractivity contribution in [2.75, 3.05) is 11.4 Å². The number of nitrogens with zero attached hydrogens (tertiary/aromatic N) is 1. The van der Waals surface area contributed by atoms with Crippen molar-refractivity contribution in [2.45, 2.75) is 54.0 Å². The van der Waals surface area contributed by atoms with Crippen molar-refractivity contribution in [1.82, 2.24) is 5.32 Å². The summed E-state index contributed by atoms with van der Waals surface area (Å²) in [4.78, 5) is 3.71. The number of allylic oxidation sites excluding steroid dienone is 9. The summed E-state index contributed by atoms with van der Waals surface area (Å²) in [6.07, 6.45) is 18.8. The zero-order valence-electron chi connectivity index (χ0n) is 31.8. The van der Waals surface area contributed by atoms with Crippen molar-refractivity contribution >= 4 is 39.3 Å². The number of fused-ring (bicyclic) bond motifs is 2. The van der Waals surface area contributed by atoms with Crippen LogP contribution in [0, 0.1) is 5.41 Å². The molecule has 0 spiro atoms. The summed E-state index contributed by atoms with van der Waals surface area (Å²) in [7, 11) is 0. The van der Waals surface area contributed by atoms with E-state index in [0.29, 0.717) is 6.04 Å². The maximum atomic E-state index is 4.15. The van der Waals surface area contributed by atoms with E-state index in [1.54, 1.807) is 0 Å². The molecule has 1 atom stereocenters. The molecule has 1 unspecified atom stereocenters. The number of hydrogen-bond acceptors (Lipinski definition) is 3. The average Bonchev–Trinajstić information content (AvgIpc) is 3.99. The highest BCUT2D eigenvalue weighted by Crippen LogP contribution is 2.50. The number of thiophene rings is 1. The van der Waals surface area contributed by atoms with Crippen molar-refractivity contribution in [2.24, 2.45) is 5.41 Å². The van der Waals surface area contributed by atoms with Gasteiger partial charge in [0.2, 0.25) is 0 Å². The highest BCUT2D eigenvalue weighted by atomic mass is 32.1. The van der Waals surface area contributed by atoms with Crippen LogP contribution in [0.25, 0.3) is 55.6 Å². The van der Waals surface area contributed by atoms with Gasteiger partial charge in [-0.1, -0.05) is 105 Å². The Morgan fingerprint density at radius 3 is 2.23 bits per heavy atom. The standard InChI is InChI=1S/C50H48N2S/c1-8-13-46-33(5)50(6,7)44-25-19-32(4)20-26-47(44)52(46)40-23-21-34(22-24-40)35-15-11-16-36(27-35)37-28-38(30-39(29-37)45-31-51-45)42-17-12-18-43-41(10-3)48(14-9-2)53-49(42)43/h8-18,20-30,45,51H,3,19,31H2,1-2,4-7H3/b13-8-,14-9-. The number of anilines is 1. The molecule has 53 heavy (non-hydrogen) atoms. The van der Waals surface area contributed by atoms with Gasteiger partial charge in [-0.2, -0.15) is 0 Å². The van der Waals surface area contributed by atoms with Crippen molar-refractivity contribution in [3.05, 3.63) is 172 Å². The molecule has 4 aromatic carbocycles. The first-order valence-electron chi connectivity index (χ1n) is 18.8. The van der Waals surface area contributed by atoms with Crippen molar-refractivity contribution in [3.8, 4) is 33.4 Å². The molecule has 5 aromatic rings. The highest BCUT2D eigenvalue weighted by Gasteiger charge is 2.38. The van der Waals surface area contributed by atoms with E-state index in [1.807, 2.05) is 17.4 Å². The number of nitrogens with one attached hydrogen (secondary N) is 1. The lowest BCUT2D eigenvalue weighted by atomic mass is 9.72. The molecule has 0 radical (unpaired) electrons. The molecule has 1 fully saturated rings. The molecule has 3 aliphatic rings. The Hall–Kier alpha value is -5.22. The van der Waals surface area contributed by atoms with E-state index >= 15 is 0 Å². The second-order valence-corrected chi connectivity index (χ2v) is 16.1. The van der Waals surface area contributed by atoms with Crippen molar-refractivity contribution in [3.63, 3.8) is 0 Å². The van der Waals surface area contributed by atoms with Crippen LogP contribution in [-0.4, -0.2) is 6.54 Å². The summed E-state index contributed by atoms with van der Waals surface area (Å²) >= 11 is 1.85. The SMILES string of the molecule is C=Cc1c(/C=C\C)sc2c(-c3cc(-c4cccc(-c5ccc(N6C7=CC=C(C)CC=C7C(C)(C)C(C)=C6/C=C\C)cc5)c4)cc(C4CN4)c3)cccc12. The van der Waals surface area contributed by atoms with Crippen molar-refractivity contribution in [1.29, 1.82) is 0 Å². The van der Waals surface area contributed by atoms with Gasteiger partial charge in [0.05, 0.1) is 0 Å². The molecule has 8 rings (SSSR count). The minimum atomic E-state index is -0.0527. The maximum absolute atomic E-state index is 4.15. The molecule has 1 N–H and O–H groups in total. The van der Waals surface area contributed by atoms with Crippen LogP contribution < -0.4 is 10.2 Å². The highest BCUT2D eigenvalue weighted by molar-refractivity contribution is 7.20. The first kappa shape index (κ1) is 34.8. The van der Waals surface area contributed by atoms with E-state index in [9.17, 15) is 0 Å². The monoisotopic (exact) mass is 708 g/mol. The fourth-order valence-corrected chi connectivity index (χ4v) is 9.30. The third kappa shape index (κ3) is 6.33. The van der Waals surface area contributed by atoms with E-state index in [2.05, 4.69) is 186 Å². The van der Waals surface area contributed by atoms with Gasteiger partial charge >= 0.3 is 0 Å². The van der Waals surface area contributed by atoms with E-state index in [-0.39, 0.29) is 5.41 Å². The van der Waals surface area contributed by atoms with Crippen LogP contribution in [0.15, 0.2) is 156 Å². The fraction of sp³-hybridized carbons (Fsp3) is 0.200. The van der Waals surface area contributed by atoms with Gasteiger partial charge in [0.25, 0.3) is 0 Å². The molecule has 0 saturated carbocycles. The van der Waals surface area contributed by atoms with Gasteiger partial charge in [0, 0.05) is 50.0 Å². The summed E-state index contributed by atoms with van der Waals surface area (Å²) in [5.41, 5.74) is 17.8. The lowest BCUT2D eigenvalue weighted by molar-refractivity contribution is 0.520. The molecule has 2 aliphatic heterocycles. The van der Waals surface area contributed by atoms with E-state index in [1.165, 1.54) is 93.3 Å². The molecule has 264 valence electrons. The molecule has 1 aromatic heterocycles. The quantitative estimate of drug-likeness (QED) is 0.162. The summed E-state index contributed by atoms with van der Waals surface area (Å²) in [5.74, 6) is 0. The molecule has 0 amide bonds.